The number of halogens is 1. The number of hydrogen-bond donors (Lipinski definition) is 3. The first-order chi connectivity index (χ1) is 21.7. The second-order valence-corrected chi connectivity index (χ2v) is 12.1. The van der Waals surface area contributed by atoms with Gasteiger partial charge in [-0.05, 0) is 41.8 Å². The predicted octanol–water partition coefficient (Wildman–Crippen LogP) is 5.26. The first kappa shape index (κ1) is 28.8. The van der Waals surface area contributed by atoms with E-state index in [0.29, 0.717) is 16.2 Å². The number of carboxylic acids is 1. The maximum absolute atomic E-state index is 14.1. The normalized spacial score (nSPS) is 23.1. The second-order valence-electron chi connectivity index (χ2n) is 11.7. The molecule has 0 bridgehead atoms. The van der Waals surface area contributed by atoms with E-state index in [4.69, 9.17) is 16.0 Å². The molecule has 3 N–H and O–H groups in total. The predicted molar refractivity (Wildman–Crippen MR) is 170 cm³/mol. The van der Waals surface area contributed by atoms with Crippen LogP contribution in [-0.2, 0) is 20.8 Å². The Hall–Kier alpha value is -4.99. The van der Waals surface area contributed by atoms with Gasteiger partial charge in [0.25, 0.3) is 0 Å². The molecule has 0 aliphatic carbocycles. The number of aliphatic carboxylic acids is 1. The lowest BCUT2D eigenvalue weighted by atomic mass is 9.76. The van der Waals surface area contributed by atoms with Gasteiger partial charge in [0.15, 0.2) is 5.43 Å². The summed E-state index contributed by atoms with van der Waals surface area (Å²) in [6.45, 7) is 1.74. The fourth-order valence-corrected chi connectivity index (χ4v) is 7.03. The van der Waals surface area contributed by atoms with Gasteiger partial charge in [-0.25, -0.2) is 0 Å². The molecule has 10 heteroatoms. The molecule has 2 aromatic heterocycles. The van der Waals surface area contributed by atoms with E-state index in [1.807, 2.05) is 54.6 Å². The zero-order valence-electron chi connectivity index (χ0n) is 24.1. The smallest absolute Gasteiger partial charge is 0.325 e. The maximum atomic E-state index is 14.1. The van der Waals surface area contributed by atoms with Crippen LogP contribution in [0.3, 0.4) is 0 Å². The van der Waals surface area contributed by atoms with Crippen molar-refractivity contribution in [3.8, 4) is 0 Å². The van der Waals surface area contributed by atoms with Crippen LogP contribution in [0.5, 0.6) is 0 Å². The number of hydrogen-bond acceptors (Lipinski definition) is 6. The molecule has 2 aliphatic heterocycles. The summed E-state index contributed by atoms with van der Waals surface area (Å²) in [5, 5.41) is 15.4. The summed E-state index contributed by atoms with van der Waals surface area (Å²) in [6.07, 6.45) is 6.36. The van der Waals surface area contributed by atoms with Crippen LogP contribution in [0.2, 0.25) is 5.02 Å². The van der Waals surface area contributed by atoms with Crippen LogP contribution in [0.25, 0.3) is 27.9 Å². The first-order valence-electron chi connectivity index (χ1n) is 14.5. The van der Waals surface area contributed by atoms with E-state index in [-0.39, 0.29) is 23.9 Å². The van der Waals surface area contributed by atoms with Gasteiger partial charge >= 0.3 is 5.97 Å². The molecule has 0 spiro atoms. The van der Waals surface area contributed by atoms with Crippen molar-refractivity contribution in [3.63, 3.8) is 0 Å². The highest BCUT2D eigenvalue weighted by Gasteiger charge is 2.68. The quantitative estimate of drug-likeness (QED) is 0.211. The van der Waals surface area contributed by atoms with Crippen molar-refractivity contribution < 1.29 is 23.9 Å². The summed E-state index contributed by atoms with van der Waals surface area (Å²) in [4.78, 5) is 59.8. The number of aromatic amines is 1. The van der Waals surface area contributed by atoms with Crippen molar-refractivity contribution in [2.45, 2.75) is 24.9 Å². The molecule has 9 nitrogen and oxygen atoms in total. The largest absolute Gasteiger partial charge is 0.480 e. The Kier molecular flexibility index (Phi) is 6.95. The van der Waals surface area contributed by atoms with E-state index in [2.05, 4.69) is 10.3 Å². The topological polar surface area (TPSA) is 133 Å². The number of amides is 2. The molecular weight excluding hydrogens is 594 g/mol. The van der Waals surface area contributed by atoms with E-state index in [9.17, 15) is 24.3 Å². The van der Waals surface area contributed by atoms with Crippen LogP contribution >= 0.6 is 11.6 Å². The average molecular weight is 622 g/mol. The number of imide groups is 1. The van der Waals surface area contributed by atoms with Crippen LogP contribution in [0.4, 0.5) is 0 Å². The van der Waals surface area contributed by atoms with Gasteiger partial charge in [-0.3, -0.25) is 29.4 Å². The Bertz CT molecular complexity index is 2100. The molecule has 0 radical (unpaired) electrons. The SMILES string of the molecule is Cc1cc2occ(C3NC(Cc4c[nH]c5ccccc45)(C(=O)O)C4C(=O)N(CC=Cc5ccccc5)C(=O)C34)c(=O)c2cc1Cl. The monoisotopic (exact) mass is 621 g/mol. The molecule has 2 fully saturated rings. The lowest BCUT2D eigenvalue weighted by molar-refractivity contribution is -0.151. The molecule has 226 valence electrons. The number of H-pyrrole nitrogens is 1. The Morgan fingerprint density at radius 3 is 2.58 bits per heavy atom. The summed E-state index contributed by atoms with van der Waals surface area (Å²) in [6, 6.07) is 18.9. The number of carboxylic acid groups (broad SMARTS) is 1. The van der Waals surface area contributed by atoms with Gasteiger partial charge in [-0.15, -0.1) is 0 Å². The van der Waals surface area contributed by atoms with E-state index in [1.54, 1.807) is 31.3 Å². The number of para-hydroxylation sites is 1. The number of carbonyl (C=O) groups is 3. The third kappa shape index (κ3) is 4.58. The van der Waals surface area contributed by atoms with Crippen molar-refractivity contribution in [1.29, 1.82) is 0 Å². The highest BCUT2D eigenvalue weighted by atomic mass is 35.5. The minimum atomic E-state index is -1.91. The average Bonchev–Trinajstić information content (AvgIpc) is 3.67. The summed E-state index contributed by atoms with van der Waals surface area (Å²) < 4.78 is 5.84. The summed E-state index contributed by atoms with van der Waals surface area (Å²) in [7, 11) is 0. The Labute approximate surface area is 262 Å². The first-order valence-corrected chi connectivity index (χ1v) is 14.9. The number of rotatable bonds is 7. The number of aryl methyl sites for hydroxylation is 1. The fraction of sp³-hybridized carbons (Fsp3) is 0.200. The van der Waals surface area contributed by atoms with Crippen molar-refractivity contribution >= 4 is 57.3 Å². The molecule has 7 rings (SSSR count). The van der Waals surface area contributed by atoms with Crippen LogP contribution in [0.15, 0.2) is 94.5 Å². The maximum Gasteiger partial charge on any atom is 0.325 e. The van der Waals surface area contributed by atoms with Crippen molar-refractivity contribution in [2.75, 3.05) is 6.54 Å². The van der Waals surface area contributed by atoms with Gasteiger partial charge in [-0.1, -0.05) is 72.3 Å². The minimum absolute atomic E-state index is 0.0454. The lowest BCUT2D eigenvalue weighted by Crippen LogP contribution is -2.57. The molecule has 4 atom stereocenters. The van der Waals surface area contributed by atoms with Gasteiger partial charge in [0, 0.05) is 35.1 Å². The van der Waals surface area contributed by atoms with E-state index in [0.717, 1.165) is 26.9 Å². The number of nitrogens with zero attached hydrogens (tertiary/aromatic N) is 1. The Balaban J connectivity index is 1.35. The molecule has 2 amide bonds. The zero-order valence-corrected chi connectivity index (χ0v) is 24.9. The molecule has 4 heterocycles. The molecule has 3 aromatic carbocycles. The number of benzene rings is 3. The third-order valence-electron chi connectivity index (χ3n) is 9.08. The van der Waals surface area contributed by atoms with Gasteiger partial charge < -0.3 is 14.5 Å². The number of aromatic nitrogens is 1. The molecule has 0 saturated carbocycles. The second kappa shape index (κ2) is 10.9. The molecule has 5 aromatic rings. The standard InChI is InChI=1S/C35H28ClN3O6/c1-19-14-27-23(15-25(19)36)31(40)24(18-45-27)30-28-29(33(42)39(32(28)41)13-7-10-20-8-3-2-4-9-20)35(38-30,34(43)44)16-21-17-37-26-12-6-5-11-22(21)26/h2-12,14-15,17-18,28-30,37-38H,13,16H2,1H3,(H,43,44). The van der Waals surface area contributed by atoms with Crippen LogP contribution in [0.1, 0.15) is 28.3 Å². The van der Waals surface area contributed by atoms with Crippen molar-refractivity contribution in [2.24, 2.45) is 11.8 Å². The number of carbonyl (C=O) groups excluding carboxylic acids is 2. The van der Waals surface area contributed by atoms with Gasteiger partial charge in [0.2, 0.25) is 11.8 Å². The van der Waals surface area contributed by atoms with Gasteiger partial charge in [0.1, 0.15) is 11.1 Å². The molecule has 4 unspecified atom stereocenters. The van der Waals surface area contributed by atoms with Gasteiger partial charge in [-0.2, -0.15) is 0 Å². The third-order valence-corrected chi connectivity index (χ3v) is 9.49. The van der Waals surface area contributed by atoms with Crippen LogP contribution in [0, 0.1) is 18.8 Å². The van der Waals surface area contributed by atoms with E-state index >= 15 is 0 Å². The summed E-state index contributed by atoms with van der Waals surface area (Å²) in [5.74, 6) is -4.90. The Morgan fingerprint density at radius 2 is 1.80 bits per heavy atom. The Morgan fingerprint density at radius 1 is 1.04 bits per heavy atom. The van der Waals surface area contributed by atoms with Crippen LogP contribution < -0.4 is 10.7 Å². The van der Waals surface area contributed by atoms with Gasteiger partial charge in [0.05, 0.1) is 35.1 Å². The summed E-state index contributed by atoms with van der Waals surface area (Å²) >= 11 is 6.34. The zero-order chi connectivity index (χ0) is 31.5. The molecule has 2 saturated heterocycles. The summed E-state index contributed by atoms with van der Waals surface area (Å²) in [5.41, 5.74) is 1.09. The highest BCUT2D eigenvalue weighted by molar-refractivity contribution is 6.32. The molecular formula is C35H28ClN3O6. The fourth-order valence-electron chi connectivity index (χ4n) is 6.86. The molecule has 2 aliphatic rings. The number of nitrogens with one attached hydrogen (secondary N) is 2. The van der Waals surface area contributed by atoms with Crippen molar-refractivity contribution in [1.82, 2.24) is 15.2 Å². The number of likely N-dealkylation sites (tertiary alicyclic amines) is 1. The highest BCUT2D eigenvalue weighted by Crippen LogP contribution is 2.50. The molecule has 45 heavy (non-hydrogen) atoms. The van der Waals surface area contributed by atoms with Crippen LogP contribution in [-0.4, -0.2) is 44.9 Å². The lowest BCUT2D eigenvalue weighted by Gasteiger charge is -2.31. The number of fused-ring (bicyclic) bond motifs is 3. The minimum Gasteiger partial charge on any atom is -0.480 e. The van der Waals surface area contributed by atoms with Crippen molar-refractivity contribution in [3.05, 3.63) is 123 Å². The van der Waals surface area contributed by atoms with E-state index in [1.165, 1.54) is 12.3 Å². The van der Waals surface area contributed by atoms with E-state index < -0.39 is 46.6 Å².